The molecule has 0 unspecified atom stereocenters. The van der Waals surface area contributed by atoms with E-state index in [0.717, 1.165) is 4.88 Å². The summed E-state index contributed by atoms with van der Waals surface area (Å²) in [7, 11) is 0. The highest BCUT2D eigenvalue weighted by Crippen LogP contribution is 2.24. The van der Waals surface area contributed by atoms with Gasteiger partial charge in [-0.15, -0.1) is 11.3 Å². The Morgan fingerprint density at radius 2 is 2.21 bits per heavy atom. The third-order valence-corrected chi connectivity index (χ3v) is 3.41. The van der Waals surface area contributed by atoms with Crippen molar-refractivity contribution in [1.29, 1.82) is 0 Å². The van der Waals surface area contributed by atoms with Gasteiger partial charge < -0.3 is 4.42 Å². The number of aryl methyl sites for hydroxylation is 1. The summed E-state index contributed by atoms with van der Waals surface area (Å²) in [5.74, 6) is 0.298. The fourth-order valence-corrected chi connectivity index (χ4v) is 2.31. The molecule has 0 fully saturated rings. The van der Waals surface area contributed by atoms with Crippen molar-refractivity contribution in [3.05, 3.63) is 44.4 Å². The van der Waals surface area contributed by atoms with Gasteiger partial charge in [0.25, 0.3) is 0 Å². The lowest BCUT2D eigenvalue weighted by Crippen LogP contribution is -1.96. The molecule has 2 aromatic heterocycles. The van der Waals surface area contributed by atoms with E-state index < -0.39 is 0 Å². The maximum atomic E-state index is 11.8. The van der Waals surface area contributed by atoms with Crippen LogP contribution in [0.5, 0.6) is 0 Å². The Labute approximate surface area is 93.7 Å². The van der Waals surface area contributed by atoms with Crippen molar-refractivity contribution >= 4 is 33.0 Å². The zero-order valence-electron chi connectivity index (χ0n) is 7.41. The van der Waals surface area contributed by atoms with Gasteiger partial charge in [-0.3, -0.25) is 4.79 Å². The maximum Gasteiger partial charge on any atom is 0.239 e. The summed E-state index contributed by atoms with van der Waals surface area (Å²) >= 11 is 4.73. The number of ketones is 1. The molecule has 14 heavy (non-hydrogen) atoms. The van der Waals surface area contributed by atoms with E-state index in [4.69, 9.17) is 4.42 Å². The van der Waals surface area contributed by atoms with Crippen LogP contribution in [-0.2, 0) is 0 Å². The minimum Gasteiger partial charge on any atom is -0.460 e. The van der Waals surface area contributed by atoms with Gasteiger partial charge in [0.1, 0.15) is 0 Å². The number of rotatable bonds is 2. The van der Waals surface area contributed by atoms with E-state index >= 15 is 0 Å². The van der Waals surface area contributed by atoms with Gasteiger partial charge in [-0.2, -0.15) is 0 Å². The van der Waals surface area contributed by atoms with Crippen LogP contribution in [0.15, 0.2) is 33.4 Å². The number of thiophene rings is 1. The maximum absolute atomic E-state index is 11.8. The molecule has 0 aliphatic carbocycles. The molecule has 0 atom stereocenters. The summed E-state index contributed by atoms with van der Waals surface area (Å²) in [5, 5.41) is 0. The number of hydrogen-bond donors (Lipinski definition) is 0. The SMILES string of the molecule is Cc1ccc(C(=O)c2occc2Br)s1. The van der Waals surface area contributed by atoms with Crippen molar-refractivity contribution in [2.75, 3.05) is 0 Å². The Hall–Kier alpha value is -0.870. The first-order valence-corrected chi connectivity index (χ1v) is 5.63. The lowest BCUT2D eigenvalue weighted by atomic mass is 10.2. The average Bonchev–Trinajstić information content (AvgIpc) is 2.73. The Bertz CT molecular complexity index is 470. The number of hydrogen-bond acceptors (Lipinski definition) is 3. The number of halogens is 1. The molecule has 2 nitrogen and oxygen atoms in total. The molecule has 0 bridgehead atoms. The molecule has 72 valence electrons. The predicted molar refractivity (Wildman–Crippen MR) is 58.9 cm³/mol. The van der Waals surface area contributed by atoms with E-state index in [9.17, 15) is 4.79 Å². The number of carbonyl (C=O) groups excluding carboxylic acids is 1. The molecule has 2 aromatic rings. The lowest BCUT2D eigenvalue weighted by Gasteiger charge is -1.92. The summed E-state index contributed by atoms with van der Waals surface area (Å²) in [6, 6.07) is 5.46. The van der Waals surface area contributed by atoms with Crippen LogP contribution >= 0.6 is 27.3 Å². The molecular weight excluding hydrogens is 264 g/mol. The highest BCUT2D eigenvalue weighted by molar-refractivity contribution is 9.10. The minimum absolute atomic E-state index is 0.0695. The topological polar surface area (TPSA) is 30.2 Å². The first-order valence-electron chi connectivity index (χ1n) is 4.02. The fraction of sp³-hybridized carbons (Fsp3) is 0.100. The van der Waals surface area contributed by atoms with Gasteiger partial charge in [0.05, 0.1) is 15.6 Å². The van der Waals surface area contributed by atoms with E-state index in [2.05, 4.69) is 15.9 Å². The van der Waals surface area contributed by atoms with Gasteiger partial charge in [-0.25, -0.2) is 0 Å². The molecule has 0 saturated heterocycles. The summed E-state index contributed by atoms with van der Waals surface area (Å²) in [6.45, 7) is 1.97. The second kappa shape index (κ2) is 3.71. The highest BCUT2D eigenvalue weighted by atomic mass is 79.9. The Morgan fingerprint density at radius 1 is 1.43 bits per heavy atom. The second-order valence-corrected chi connectivity index (χ2v) is 4.98. The molecule has 0 aliphatic heterocycles. The second-order valence-electron chi connectivity index (χ2n) is 2.84. The zero-order valence-corrected chi connectivity index (χ0v) is 9.81. The quantitative estimate of drug-likeness (QED) is 0.780. The average molecular weight is 271 g/mol. The molecule has 0 N–H and O–H groups in total. The first-order chi connectivity index (χ1) is 6.68. The summed E-state index contributed by atoms with van der Waals surface area (Å²) in [4.78, 5) is 13.7. The van der Waals surface area contributed by atoms with Gasteiger partial charge in [-0.05, 0) is 41.1 Å². The van der Waals surface area contributed by atoms with Crippen LogP contribution in [0.25, 0.3) is 0 Å². The van der Waals surface area contributed by atoms with E-state index in [1.54, 1.807) is 6.07 Å². The van der Waals surface area contributed by atoms with Gasteiger partial charge in [-0.1, -0.05) is 0 Å². The number of carbonyl (C=O) groups is 1. The van der Waals surface area contributed by atoms with Crippen LogP contribution in [-0.4, -0.2) is 5.78 Å². The van der Waals surface area contributed by atoms with Crippen molar-refractivity contribution in [1.82, 2.24) is 0 Å². The molecule has 0 amide bonds. The zero-order chi connectivity index (χ0) is 10.1. The van der Waals surface area contributed by atoms with Gasteiger partial charge in [0.15, 0.2) is 5.76 Å². The van der Waals surface area contributed by atoms with E-state index in [-0.39, 0.29) is 5.78 Å². The Morgan fingerprint density at radius 3 is 2.71 bits per heavy atom. The third-order valence-electron chi connectivity index (χ3n) is 1.79. The van der Waals surface area contributed by atoms with Crippen molar-refractivity contribution in [2.24, 2.45) is 0 Å². The molecule has 0 radical (unpaired) electrons. The standard InChI is InChI=1S/C10H7BrO2S/c1-6-2-3-8(14-6)9(12)10-7(11)4-5-13-10/h2-5H,1H3. The molecule has 0 saturated carbocycles. The fourth-order valence-electron chi connectivity index (χ4n) is 1.12. The van der Waals surface area contributed by atoms with Crippen LogP contribution < -0.4 is 0 Å². The van der Waals surface area contributed by atoms with Crippen molar-refractivity contribution in [3.63, 3.8) is 0 Å². The normalized spacial score (nSPS) is 10.4. The van der Waals surface area contributed by atoms with Crippen LogP contribution in [0.4, 0.5) is 0 Å². The lowest BCUT2D eigenvalue weighted by molar-refractivity contribution is 0.101. The molecule has 2 rings (SSSR count). The number of furan rings is 1. The minimum atomic E-state index is -0.0695. The van der Waals surface area contributed by atoms with Crippen LogP contribution in [0, 0.1) is 6.92 Å². The van der Waals surface area contributed by atoms with Crippen LogP contribution in [0.3, 0.4) is 0 Å². The monoisotopic (exact) mass is 270 g/mol. The first kappa shape index (κ1) is 9.68. The van der Waals surface area contributed by atoms with Crippen LogP contribution in [0.2, 0.25) is 0 Å². The molecule has 0 aromatic carbocycles. The molecule has 4 heteroatoms. The van der Waals surface area contributed by atoms with Crippen molar-refractivity contribution < 1.29 is 9.21 Å². The predicted octanol–water partition coefficient (Wildman–Crippen LogP) is 3.64. The van der Waals surface area contributed by atoms with E-state index in [1.165, 1.54) is 17.6 Å². The smallest absolute Gasteiger partial charge is 0.239 e. The summed E-state index contributed by atoms with van der Waals surface area (Å²) in [6.07, 6.45) is 1.50. The van der Waals surface area contributed by atoms with Crippen molar-refractivity contribution in [2.45, 2.75) is 6.92 Å². The largest absolute Gasteiger partial charge is 0.460 e. The summed E-state index contributed by atoms with van der Waals surface area (Å²) in [5.41, 5.74) is 0. The van der Waals surface area contributed by atoms with Crippen LogP contribution in [0.1, 0.15) is 20.3 Å². The van der Waals surface area contributed by atoms with E-state index in [0.29, 0.717) is 15.1 Å². The Kier molecular flexibility index (Phi) is 2.56. The van der Waals surface area contributed by atoms with Gasteiger partial charge in [0.2, 0.25) is 5.78 Å². The van der Waals surface area contributed by atoms with Gasteiger partial charge in [0, 0.05) is 4.88 Å². The molecular formula is C10H7BrO2S. The molecule has 0 spiro atoms. The van der Waals surface area contributed by atoms with Gasteiger partial charge >= 0.3 is 0 Å². The summed E-state index contributed by atoms with van der Waals surface area (Å²) < 4.78 is 5.80. The highest BCUT2D eigenvalue weighted by Gasteiger charge is 2.17. The molecule has 2 heterocycles. The molecule has 0 aliphatic rings. The third kappa shape index (κ3) is 1.67. The van der Waals surface area contributed by atoms with Crippen molar-refractivity contribution in [3.8, 4) is 0 Å². The van der Waals surface area contributed by atoms with E-state index in [1.807, 2.05) is 19.1 Å². The Balaban J connectivity index is 2.38.